The molecule has 2 N–H and O–H groups in total. The van der Waals surface area contributed by atoms with Crippen LogP contribution >= 0.6 is 0 Å². The predicted octanol–water partition coefficient (Wildman–Crippen LogP) is 2.53. The summed E-state index contributed by atoms with van der Waals surface area (Å²) in [5, 5.41) is 10.9. The first kappa shape index (κ1) is 20.2. The van der Waals surface area contributed by atoms with Gasteiger partial charge in [0.05, 0.1) is 30.4 Å². The smallest absolute Gasteiger partial charge is 0.268 e. The number of carbonyl (C=O) groups is 1. The fourth-order valence-electron chi connectivity index (χ4n) is 3.16. The Balaban J connectivity index is 1.54. The molecule has 0 unspecified atom stereocenters. The number of fused-ring (bicyclic) bond motifs is 1. The zero-order valence-corrected chi connectivity index (χ0v) is 16.9. The molecule has 10 heteroatoms. The van der Waals surface area contributed by atoms with Gasteiger partial charge in [0.25, 0.3) is 5.91 Å². The van der Waals surface area contributed by atoms with Crippen molar-refractivity contribution in [3.05, 3.63) is 66.0 Å². The van der Waals surface area contributed by atoms with E-state index in [0.29, 0.717) is 41.6 Å². The number of anilines is 2. The van der Waals surface area contributed by atoms with E-state index in [0.717, 1.165) is 5.39 Å². The maximum atomic E-state index is 14.0. The van der Waals surface area contributed by atoms with E-state index >= 15 is 0 Å². The van der Waals surface area contributed by atoms with Gasteiger partial charge in [-0.25, -0.2) is 14.1 Å². The van der Waals surface area contributed by atoms with Crippen LogP contribution in [0.15, 0.2) is 53.9 Å². The third-order valence-electron chi connectivity index (χ3n) is 4.70. The Bertz CT molecular complexity index is 1250. The lowest BCUT2D eigenvalue weighted by Crippen LogP contribution is -2.27. The number of hydrogen-bond acceptors (Lipinski definition) is 6. The van der Waals surface area contributed by atoms with E-state index in [2.05, 4.69) is 37.4 Å². The van der Waals surface area contributed by atoms with Gasteiger partial charge in [0.15, 0.2) is 5.65 Å². The number of nitrogens with zero attached hydrogens (tertiary/aromatic N) is 6. The van der Waals surface area contributed by atoms with E-state index in [-0.39, 0.29) is 18.3 Å². The molecule has 0 aliphatic heterocycles. The van der Waals surface area contributed by atoms with Crippen LogP contribution in [0.3, 0.4) is 0 Å². The summed E-state index contributed by atoms with van der Waals surface area (Å²) in [5.41, 5.74) is 2.24. The molecule has 0 fully saturated rings. The molecule has 3 heterocycles. The number of aliphatic imine (C=N–C) groups is 1. The van der Waals surface area contributed by atoms with Gasteiger partial charge in [0, 0.05) is 31.5 Å². The molecule has 0 saturated heterocycles. The summed E-state index contributed by atoms with van der Waals surface area (Å²) in [6.07, 6.45) is 5.06. The molecule has 0 bridgehead atoms. The summed E-state index contributed by atoms with van der Waals surface area (Å²) < 4.78 is 17.4. The molecule has 1 aromatic carbocycles. The van der Waals surface area contributed by atoms with E-state index in [1.165, 1.54) is 6.07 Å². The van der Waals surface area contributed by atoms with Crippen LogP contribution in [0, 0.1) is 5.82 Å². The van der Waals surface area contributed by atoms with E-state index in [1.807, 2.05) is 0 Å². The number of aromatic nitrogens is 5. The van der Waals surface area contributed by atoms with Crippen molar-refractivity contribution in [2.75, 3.05) is 18.4 Å². The lowest BCUT2D eigenvalue weighted by Gasteiger charge is -2.06. The molecule has 158 valence electrons. The predicted molar refractivity (Wildman–Crippen MR) is 116 cm³/mol. The van der Waals surface area contributed by atoms with Gasteiger partial charge in [-0.15, -0.1) is 0 Å². The molecule has 0 atom stereocenters. The molecule has 4 rings (SSSR count). The Kier molecular flexibility index (Phi) is 5.69. The van der Waals surface area contributed by atoms with Crippen LogP contribution in [0.25, 0.3) is 11.0 Å². The molecule has 0 aliphatic carbocycles. The lowest BCUT2D eigenvalue weighted by atomic mass is 10.2. The van der Waals surface area contributed by atoms with E-state index in [9.17, 15) is 9.18 Å². The standard InChI is InChI=1S/C21H21FN8O/c1-23-7-8-24-20(31)18-9-16(13-29(18)2)27-21-25-10-15-11-26-30(19(15)28-21)12-14-5-3-4-6-17(14)22/h3-6,9-11,13H,1,7-8,12H2,2H3,(H,24,31)(H,25,27,28). The van der Waals surface area contributed by atoms with Crippen LogP contribution in [-0.2, 0) is 13.6 Å². The van der Waals surface area contributed by atoms with Crippen molar-refractivity contribution >= 4 is 35.3 Å². The average Bonchev–Trinajstić information content (AvgIpc) is 3.33. The zero-order valence-electron chi connectivity index (χ0n) is 16.9. The van der Waals surface area contributed by atoms with Crippen molar-refractivity contribution in [1.82, 2.24) is 29.6 Å². The summed E-state index contributed by atoms with van der Waals surface area (Å²) in [6.45, 7) is 4.52. The van der Waals surface area contributed by atoms with Gasteiger partial charge < -0.3 is 15.2 Å². The van der Waals surface area contributed by atoms with Crippen molar-refractivity contribution in [1.29, 1.82) is 0 Å². The van der Waals surface area contributed by atoms with Gasteiger partial charge in [-0.3, -0.25) is 9.79 Å². The SMILES string of the molecule is C=NCCNC(=O)c1cc(Nc2ncc3cnn(Cc4ccccc4F)c3n2)cn1C. The number of halogens is 1. The highest BCUT2D eigenvalue weighted by Gasteiger charge is 2.13. The molecule has 0 spiro atoms. The second-order valence-electron chi connectivity index (χ2n) is 6.92. The fraction of sp³-hybridized carbons (Fsp3) is 0.190. The molecule has 1 amide bonds. The number of carbonyl (C=O) groups excluding carboxylic acids is 1. The summed E-state index contributed by atoms with van der Waals surface area (Å²) in [5.74, 6) is -0.160. The monoisotopic (exact) mass is 420 g/mol. The minimum Gasteiger partial charge on any atom is -0.349 e. The average molecular weight is 420 g/mol. The normalized spacial score (nSPS) is 10.9. The highest BCUT2D eigenvalue weighted by molar-refractivity contribution is 5.94. The Labute approximate surface area is 177 Å². The van der Waals surface area contributed by atoms with Gasteiger partial charge in [-0.2, -0.15) is 10.1 Å². The molecular formula is C21H21FN8O. The van der Waals surface area contributed by atoms with Crippen molar-refractivity contribution in [2.24, 2.45) is 12.0 Å². The lowest BCUT2D eigenvalue weighted by molar-refractivity contribution is 0.0947. The van der Waals surface area contributed by atoms with Crippen LogP contribution in [0.1, 0.15) is 16.1 Å². The summed E-state index contributed by atoms with van der Waals surface area (Å²) in [4.78, 5) is 24.8. The van der Waals surface area contributed by atoms with Crippen LogP contribution < -0.4 is 10.6 Å². The topological polar surface area (TPSA) is 102 Å². The van der Waals surface area contributed by atoms with Crippen molar-refractivity contribution in [3.63, 3.8) is 0 Å². The Morgan fingerprint density at radius 3 is 2.94 bits per heavy atom. The van der Waals surface area contributed by atoms with Crippen LogP contribution in [0.5, 0.6) is 0 Å². The zero-order chi connectivity index (χ0) is 21.8. The van der Waals surface area contributed by atoms with E-state index in [1.54, 1.807) is 59.2 Å². The van der Waals surface area contributed by atoms with E-state index in [4.69, 9.17) is 0 Å². The fourth-order valence-corrected chi connectivity index (χ4v) is 3.16. The molecule has 31 heavy (non-hydrogen) atoms. The molecule has 3 aromatic heterocycles. The molecule has 0 aliphatic rings. The Morgan fingerprint density at radius 1 is 1.29 bits per heavy atom. The Hall–Kier alpha value is -4.08. The largest absolute Gasteiger partial charge is 0.349 e. The molecule has 4 aromatic rings. The van der Waals surface area contributed by atoms with Crippen molar-refractivity contribution < 1.29 is 9.18 Å². The third-order valence-corrected chi connectivity index (χ3v) is 4.70. The number of benzene rings is 1. The first-order chi connectivity index (χ1) is 15.0. The minimum atomic E-state index is -0.294. The molecular weight excluding hydrogens is 399 g/mol. The highest BCUT2D eigenvalue weighted by atomic mass is 19.1. The Morgan fingerprint density at radius 2 is 2.13 bits per heavy atom. The molecule has 0 saturated carbocycles. The minimum absolute atomic E-state index is 0.210. The summed E-state index contributed by atoms with van der Waals surface area (Å²) in [6, 6.07) is 8.27. The first-order valence-electron chi connectivity index (χ1n) is 9.61. The molecule has 0 radical (unpaired) electrons. The first-order valence-corrected chi connectivity index (χ1v) is 9.61. The van der Waals surface area contributed by atoms with Gasteiger partial charge in [0.2, 0.25) is 5.95 Å². The molecule has 9 nitrogen and oxygen atoms in total. The quantitative estimate of drug-likeness (QED) is 0.337. The van der Waals surface area contributed by atoms with Crippen LogP contribution in [0.4, 0.5) is 16.0 Å². The van der Waals surface area contributed by atoms with Gasteiger partial charge in [-0.05, 0) is 18.9 Å². The number of amides is 1. The number of hydrogen-bond donors (Lipinski definition) is 2. The van der Waals surface area contributed by atoms with Crippen molar-refractivity contribution in [2.45, 2.75) is 6.54 Å². The summed E-state index contributed by atoms with van der Waals surface area (Å²) in [7, 11) is 1.78. The second kappa shape index (κ2) is 8.74. The van der Waals surface area contributed by atoms with E-state index < -0.39 is 0 Å². The number of aryl methyl sites for hydroxylation is 1. The second-order valence-corrected chi connectivity index (χ2v) is 6.92. The van der Waals surface area contributed by atoms with Crippen LogP contribution in [0.2, 0.25) is 0 Å². The highest BCUT2D eigenvalue weighted by Crippen LogP contribution is 2.20. The van der Waals surface area contributed by atoms with Gasteiger partial charge >= 0.3 is 0 Å². The van der Waals surface area contributed by atoms with Crippen molar-refractivity contribution in [3.8, 4) is 0 Å². The number of nitrogens with one attached hydrogen (secondary N) is 2. The summed E-state index contributed by atoms with van der Waals surface area (Å²) >= 11 is 0. The number of rotatable bonds is 8. The maximum Gasteiger partial charge on any atom is 0.268 e. The van der Waals surface area contributed by atoms with Gasteiger partial charge in [-0.1, -0.05) is 18.2 Å². The third kappa shape index (κ3) is 4.42. The maximum absolute atomic E-state index is 14.0. The van der Waals surface area contributed by atoms with Crippen LogP contribution in [-0.4, -0.2) is 50.0 Å². The van der Waals surface area contributed by atoms with Gasteiger partial charge in [0.1, 0.15) is 11.5 Å².